The Hall–Kier alpha value is 0.430. The Labute approximate surface area is 88.7 Å². The van der Waals surface area contributed by atoms with Gasteiger partial charge >= 0.3 is 0 Å². The molecule has 12 heavy (non-hydrogen) atoms. The first-order chi connectivity index (χ1) is 5.84. The highest BCUT2D eigenvalue weighted by atomic mass is 127. The summed E-state index contributed by atoms with van der Waals surface area (Å²) >= 11 is 2.52. The van der Waals surface area contributed by atoms with E-state index < -0.39 is 0 Å². The standard InChI is InChI=1S/C10H17IO/c1-2-3-4-6-9(11)10-7-5-8-12-10/h2,9-10H,1,3-8H2. The van der Waals surface area contributed by atoms with E-state index in [1.807, 2.05) is 6.08 Å². The summed E-state index contributed by atoms with van der Waals surface area (Å²) in [5, 5.41) is 0. The van der Waals surface area contributed by atoms with Crippen molar-refractivity contribution in [1.29, 1.82) is 0 Å². The van der Waals surface area contributed by atoms with E-state index in [9.17, 15) is 0 Å². The monoisotopic (exact) mass is 280 g/mol. The number of hydrogen-bond donors (Lipinski definition) is 0. The molecule has 1 heterocycles. The van der Waals surface area contributed by atoms with Crippen LogP contribution < -0.4 is 0 Å². The summed E-state index contributed by atoms with van der Waals surface area (Å²) in [5.74, 6) is 0. The lowest BCUT2D eigenvalue weighted by atomic mass is 10.1. The first-order valence-electron chi connectivity index (χ1n) is 4.71. The van der Waals surface area contributed by atoms with Gasteiger partial charge in [-0.2, -0.15) is 0 Å². The molecule has 0 amide bonds. The maximum Gasteiger partial charge on any atom is 0.0693 e. The second-order valence-electron chi connectivity index (χ2n) is 3.29. The third-order valence-electron chi connectivity index (χ3n) is 2.26. The number of alkyl halides is 1. The molecule has 2 heteroatoms. The third-order valence-corrected chi connectivity index (χ3v) is 3.68. The molecule has 2 unspecified atom stereocenters. The Bertz CT molecular complexity index is 130. The Morgan fingerprint density at radius 3 is 3.08 bits per heavy atom. The minimum Gasteiger partial charge on any atom is -0.377 e. The highest BCUT2D eigenvalue weighted by Gasteiger charge is 2.22. The van der Waals surface area contributed by atoms with E-state index in [4.69, 9.17) is 4.74 Å². The summed E-state index contributed by atoms with van der Waals surface area (Å²) < 4.78 is 6.33. The van der Waals surface area contributed by atoms with Gasteiger partial charge in [-0.15, -0.1) is 6.58 Å². The summed E-state index contributed by atoms with van der Waals surface area (Å²) in [6.07, 6.45) is 8.74. The number of rotatable bonds is 5. The molecule has 0 aromatic rings. The molecular formula is C10H17IO. The Kier molecular flexibility index (Phi) is 5.23. The van der Waals surface area contributed by atoms with Crippen LogP contribution in [0.2, 0.25) is 0 Å². The van der Waals surface area contributed by atoms with Crippen LogP contribution in [0, 0.1) is 0 Å². The molecule has 2 atom stereocenters. The lowest BCUT2D eigenvalue weighted by molar-refractivity contribution is 0.110. The van der Waals surface area contributed by atoms with Gasteiger partial charge in [-0.05, 0) is 32.1 Å². The van der Waals surface area contributed by atoms with Crippen LogP contribution in [0.3, 0.4) is 0 Å². The quantitative estimate of drug-likeness (QED) is 0.325. The van der Waals surface area contributed by atoms with Crippen molar-refractivity contribution >= 4 is 22.6 Å². The van der Waals surface area contributed by atoms with Crippen LogP contribution in [0.5, 0.6) is 0 Å². The number of unbranched alkanes of at least 4 members (excludes halogenated alkanes) is 1. The summed E-state index contributed by atoms with van der Waals surface area (Å²) in [6.45, 7) is 4.70. The first kappa shape index (κ1) is 10.5. The molecule has 1 aliphatic heterocycles. The first-order valence-corrected chi connectivity index (χ1v) is 5.95. The molecule has 1 nitrogen and oxygen atoms in total. The molecule has 0 saturated carbocycles. The van der Waals surface area contributed by atoms with Gasteiger partial charge < -0.3 is 4.74 Å². The van der Waals surface area contributed by atoms with Crippen LogP contribution in [-0.4, -0.2) is 16.6 Å². The molecule has 0 radical (unpaired) electrons. The Morgan fingerprint density at radius 1 is 1.67 bits per heavy atom. The van der Waals surface area contributed by atoms with Gasteiger partial charge in [-0.3, -0.25) is 0 Å². The lowest BCUT2D eigenvalue weighted by Gasteiger charge is -2.15. The SMILES string of the molecule is C=CCCCC(I)C1CCCO1. The zero-order valence-corrected chi connectivity index (χ0v) is 9.63. The number of allylic oxidation sites excluding steroid dienone is 1. The second kappa shape index (κ2) is 5.97. The van der Waals surface area contributed by atoms with Crippen LogP contribution in [0.1, 0.15) is 32.1 Å². The van der Waals surface area contributed by atoms with Crippen LogP contribution in [0.25, 0.3) is 0 Å². The van der Waals surface area contributed by atoms with E-state index in [0.29, 0.717) is 10.0 Å². The molecule has 0 aromatic heterocycles. The molecular weight excluding hydrogens is 263 g/mol. The molecule has 0 aliphatic carbocycles. The van der Waals surface area contributed by atoms with Crippen molar-refractivity contribution in [2.24, 2.45) is 0 Å². The van der Waals surface area contributed by atoms with E-state index in [-0.39, 0.29) is 0 Å². The Balaban J connectivity index is 2.09. The minimum absolute atomic E-state index is 0.537. The lowest BCUT2D eigenvalue weighted by Crippen LogP contribution is -2.18. The van der Waals surface area contributed by atoms with Crippen molar-refractivity contribution in [3.05, 3.63) is 12.7 Å². The molecule has 1 fully saturated rings. The van der Waals surface area contributed by atoms with Gasteiger partial charge in [-0.1, -0.05) is 28.7 Å². The average Bonchev–Trinajstić information content (AvgIpc) is 2.56. The predicted molar refractivity (Wildman–Crippen MR) is 60.8 cm³/mol. The topological polar surface area (TPSA) is 9.23 Å². The molecule has 1 aliphatic rings. The number of halogens is 1. The molecule has 0 bridgehead atoms. The van der Waals surface area contributed by atoms with Gasteiger partial charge in [-0.25, -0.2) is 0 Å². The van der Waals surface area contributed by atoms with E-state index in [2.05, 4.69) is 29.2 Å². The molecule has 1 rings (SSSR count). The summed E-state index contributed by atoms with van der Waals surface area (Å²) in [4.78, 5) is 0. The highest BCUT2D eigenvalue weighted by molar-refractivity contribution is 14.1. The van der Waals surface area contributed by atoms with Crippen molar-refractivity contribution in [1.82, 2.24) is 0 Å². The van der Waals surface area contributed by atoms with Crippen LogP contribution >= 0.6 is 22.6 Å². The predicted octanol–water partition coefficient (Wildman–Crippen LogP) is 3.33. The zero-order valence-electron chi connectivity index (χ0n) is 7.47. The van der Waals surface area contributed by atoms with Crippen LogP contribution in [0.15, 0.2) is 12.7 Å². The Morgan fingerprint density at radius 2 is 2.50 bits per heavy atom. The fourth-order valence-electron chi connectivity index (χ4n) is 1.53. The van der Waals surface area contributed by atoms with Crippen molar-refractivity contribution in [2.45, 2.75) is 42.1 Å². The molecule has 1 saturated heterocycles. The fourth-order valence-corrected chi connectivity index (χ4v) is 2.54. The maximum absolute atomic E-state index is 5.61. The van der Waals surface area contributed by atoms with E-state index in [1.165, 1.54) is 25.7 Å². The van der Waals surface area contributed by atoms with Crippen molar-refractivity contribution < 1.29 is 4.74 Å². The van der Waals surface area contributed by atoms with Crippen molar-refractivity contribution in [3.8, 4) is 0 Å². The fraction of sp³-hybridized carbons (Fsp3) is 0.800. The second-order valence-corrected chi connectivity index (χ2v) is 4.89. The summed E-state index contributed by atoms with van der Waals surface area (Å²) in [5.41, 5.74) is 0. The summed E-state index contributed by atoms with van der Waals surface area (Å²) in [7, 11) is 0. The smallest absolute Gasteiger partial charge is 0.0693 e. The summed E-state index contributed by atoms with van der Waals surface area (Å²) in [6, 6.07) is 0. The minimum atomic E-state index is 0.537. The number of ether oxygens (including phenoxy) is 1. The van der Waals surface area contributed by atoms with Gasteiger partial charge in [0.1, 0.15) is 0 Å². The third kappa shape index (κ3) is 3.44. The molecule has 0 spiro atoms. The van der Waals surface area contributed by atoms with Gasteiger partial charge in [0.2, 0.25) is 0 Å². The van der Waals surface area contributed by atoms with Crippen molar-refractivity contribution in [2.75, 3.05) is 6.61 Å². The highest BCUT2D eigenvalue weighted by Crippen LogP contribution is 2.24. The maximum atomic E-state index is 5.61. The zero-order chi connectivity index (χ0) is 8.81. The van der Waals surface area contributed by atoms with Gasteiger partial charge in [0.15, 0.2) is 0 Å². The van der Waals surface area contributed by atoms with Gasteiger partial charge in [0.25, 0.3) is 0 Å². The van der Waals surface area contributed by atoms with Crippen LogP contribution in [0.4, 0.5) is 0 Å². The van der Waals surface area contributed by atoms with Crippen molar-refractivity contribution in [3.63, 3.8) is 0 Å². The van der Waals surface area contributed by atoms with Crippen LogP contribution in [-0.2, 0) is 4.74 Å². The van der Waals surface area contributed by atoms with E-state index >= 15 is 0 Å². The largest absolute Gasteiger partial charge is 0.377 e. The average molecular weight is 280 g/mol. The van der Waals surface area contributed by atoms with E-state index in [0.717, 1.165) is 13.0 Å². The molecule has 0 N–H and O–H groups in total. The normalized spacial score (nSPS) is 25.6. The molecule has 70 valence electrons. The molecule has 0 aromatic carbocycles. The van der Waals surface area contributed by atoms with E-state index in [1.54, 1.807) is 0 Å². The number of hydrogen-bond acceptors (Lipinski definition) is 1. The van der Waals surface area contributed by atoms with Gasteiger partial charge in [0, 0.05) is 10.5 Å². The van der Waals surface area contributed by atoms with Gasteiger partial charge in [0.05, 0.1) is 6.10 Å².